The molecule has 2 N–H and O–H groups in total. The fourth-order valence-electron chi connectivity index (χ4n) is 3.94. The molecular formula is C26H24N6O2. The highest BCUT2D eigenvalue weighted by Crippen LogP contribution is 2.28. The molecule has 2 aromatic carbocycles. The summed E-state index contributed by atoms with van der Waals surface area (Å²) in [4.78, 5) is 24.3. The van der Waals surface area contributed by atoms with E-state index in [1.165, 1.54) is 0 Å². The Hall–Kier alpha value is -4.46. The van der Waals surface area contributed by atoms with Crippen LogP contribution in [0.2, 0.25) is 0 Å². The number of rotatable bonds is 8. The van der Waals surface area contributed by atoms with Crippen LogP contribution in [0.5, 0.6) is 11.5 Å². The van der Waals surface area contributed by atoms with Crippen molar-refractivity contribution in [2.24, 2.45) is 0 Å². The van der Waals surface area contributed by atoms with Crippen molar-refractivity contribution in [3.8, 4) is 17.3 Å². The van der Waals surface area contributed by atoms with Gasteiger partial charge in [0.25, 0.3) is 0 Å². The van der Waals surface area contributed by atoms with E-state index in [0.29, 0.717) is 29.5 Å². The zero-order chi connectivity index (χ0) is 23.4. The summed E-state index contributed by atoms with van der Waals surface area (Å²) in [5.74, 6) is 2.64. The van der Waals surface area contributed by atoms with E-state index in [2.05, 4.69) is 51.8 Å². The van der Waals surface area contributed by atoms with E-state index >= 15 is 0 Å². The number of carbonyl (C=O) groups excluding carboxylic acids is 1. The first kappa shape index (κ1) is 21.4. The molecule has 0 radical (unpaired) electrons. The molecule has 0 aliphatic heterocycles. The zero-order valence-corrected chi connectivity index (χ0v) is 18.7. The molecule has 5 rings (SSSR count). The molecule has 1 amide bonds. The Balaban J connectivity index is 1.37. The van der Waals surface area contributed by atoms with Gasteiger partial charge in [0.1, 0.15) is 23.6 Å². The monoisotopic (exact) mass is 452 g/mol. The fourth-order valence-corrected chi connectivity index (χ4v) is 3.94. The van der Waals surface area contributed by atoms with E-state index in [1.54, 1.807) is 36.8 Å². The highest BCUT2D eigenvalue weighted by molar-refractivity contribution is 5.79. The second-order valence-electron chi connectivity index (χ2n) is 8.02. The van der Waals surface area contributed by atoms with Crippen LogP contribution in [0.25, 0.3) is 16.9 Å². The maximum absolute atomic E-state index is 10.5. The number of amides is 1. The number of carbonyl (C=O) groups is 1. The first-order chi connectivity index (χ1) is 16.7. The van der Waals surface area contributed by atoms with Crippen LogP contribution >= 0.6 is 0 Å². The first-order valence-electron chi connectivity index (χ1n) is 11.1. The molecule has 1 atom stereocenters. The number of hydrogen-bond donors (Lipinski definition) is 2. The number of ether oxygens (including phenoxy) is 1. The third-order valence-electron chi connectivity index (χ3n) is 5.86. The molecule has 0 fully saturated rings. The Morgan fingerprint density at radius 2 is 1.94 bits per heavy atom. The number of nitrogens with one attached hydrogen (secondary N) is 2. The van der Waals surface area contributed by atoms with Gasteiger partial charge >= 0.3 is 0 Å². The lowest BCUT2D eigenvalue weighted by Crippen LogP contribution is -2.36. The van der Waals surface area contributed by atoms with Crippen LogP contribution in [-0.4, -0.2) is 31.5 Å². The molecule has 0 saturated carbocycles. The zero-order valence-electron chi connectivity index (χ0n) is 18.7. The van der Waals surface area contributed by atoms with Crippen LogP contribution in [0.4, 0.5) is 11.6 Å². The summed E-state index contributed by atoms with van der Waals surface area (Å²) >= 11 is 0. The number of fused-ring (bicyclic) bond motifs is 1. The maximum atomic E-state index is 10.5. The summed E-state index contributed by atoms with van der Waals surface area (Å²) in [6.07, 6.45) is 14.4. The number of allylic oxidation sites excluding steroid dienone is 2. The summed E-state index contributed by atoms with van der Waals surface area (Å²) in [5, 5.41) is 6.11. The molecule has 34 heavy (non-hydrogen) atoms. The van der Waals surface area contributed by atoms with Crippen molar-refractivity contribution in [1.29, 1.82) is 0 Å². The van der Waals surface area contributed by atoms with E-state index in [0.717, 1.165) is 29.7 Å². The molecule has 0 bridgehead atoms. The number of benzene rings is 2. The summed E-state index contributed by atoms with van der Waals surface area (Å²) < 4.78 is 7.88. The van der Waals surface area contributed by atoms with Gasteiger partial charge in [-0.15, -0.1) is 0 Å². The fraction of sp³-hybridized carbons (Fsp3) is 0.154. The Kier molecular flexibility index (Phi) is 5.78. The van der Waals surface area contributed by atoms with Gasteiger partial charge in [-0.3, -0.25) is 9.36 Å². The topological polar surface area (TPSA) is 94.0 Å². The van der Waals surface area contributed by atoms with Gasteiger partial charge in [0.15, 0.2) is 0 Å². The van der Waals surface area contributed by atoms with Crippen LogP contribution in [0.15, 0.2) is 85.4 Å². The van der Waals surface area contributed by atoms with Crippen molar-refractivity contribution in [2.75, 3.05) is 10.6 Å². The molecule has 0 spiro atoms. The molecule has 170 valence electrons. The van der Waals surface area contributed by atoms with Gasteiger partial charge in [-0.05, 0) is 55.3 Å². The van der Waals surface area contributed by atoms with Crippen LogP contribution in [-0.2, 0) is 4.79 Å². The van der Waals surface area contributed by atoms with Crippen molar-refractivity contribution in [1.82, 2.24) is 19.5 Å². The third kappa shape index (κ3) is 4.38. The summed E-state index contributed by atoms with van der Waals surface area (Å²) in [6.45, 7) is 2.15. The van der Waals surface area contributed by atoms with Crippen molar-refractivity contribution < 1.29 is 9.53 Å². The van der Waals surface area contributed by atoms with Crippen molar-refractivity contribution in [3.05, 3.63) is 85.4 Å². The number of anilines is 2. The van der Waals surface area contributed by atoms with E-state index in [-0.39, 0.29) is 5.54 Å². The normalized spacial score (nSPS) is 17.0. The Morgan fingerprint density at radius 1 is 1.09 bits per heavy atom. The van der Waals surface area contributed by atoms with Crippen molar-refractivity contribution in [3.63, 3.8) is 0 Å². The molecule has 8 nitrogen and oxygen atoms in total. The molecule has 2 heterocycles. The quantitative estimate of drug-likeness (QED) is 0.355. The minimum atomic E-state index is -0.182. The highest BCUT2D eigenvalue weighted by atomic mass is 16.5. The van der Waals surface area contributed by atoms with Gasteiger partial charge in [-0.2, -0.15) is 4.98 Å². The molecule has 0 unspecified atom stereocenters. The lowest BCUT2D eigenvalue weighted by molar-refractivity contribution is -0.105. The molecular weight excluding hydrogens is 428 g/mol. The average Bonchev–Trinajstić information content (AvgIpc) is 3.29. The second kappa shape index (κ2) is 9.19. The minimum absolute atomic E-state index is 0.182. The van der Waals surface area contributed by atoms with E-state index < -0.39 is 0 Å². The van der Waals surface area contributed by atoms with E-state index in [1.807, 2.05) is 28.8 Å². The van der Waals surface area contributed by atoms with Gasteiger partial charge in [0, 0.05) is 18.0 Å². The lowest BCUT2D eigenvalue weighted by Gasteiger charge is -2.31. The van der Waals surface area contributed by atoms with Crippen LogP contribution < -0.4 is 15.4 Å². The number of aromatic nitrogens is 4. The maximum Gasteiger partial charge on any atom is 0.225 e. The van der Waals surface area contributed by atoms with Crippen LogP contribution in [0.1, 0.15) is 19.8 Å². The molecule has 4 aromatic rings. The number of nitrogens with zero attached hydrogens (tertiary/aromatic N) is 4. The highest BCUT2D eigenvalue weighted by Gasteiger charge is 2.25. The predicted molar refractivity (Wildman–Crippen MR) is 132 cm³/mol. The van der Waals surface area contributed by atoms with Gasteiger partial charge in [0.2, 0.25) is 12.4 Å². The van der Waals surface area contributed by atoms with Gasteiger partial charge in [0.05, 0.1) is 16.6 Å². The largest absolute Gasteiger partial charge is 0.457 e. The molecule has 2 aromatic heterocycles. The Morgan fingerprint density at radius 3 is 2.71 bits per heavy atom. The van der Waals surface area contributed by atoms with Crippen LogP contribution in [0.3, 0.4) is 0 Å². The van der Waals surface area contributed by atoms with Crippen molar-refractivity contribution in [2.45, 2.75) is 25.3 Å². The Bertz CT molecular complexity index is 1380. The number of imidazole rings is 1. The predicted octanol–water partition coefficient (Wildman–Crippen LogP) is 5.25. The SMILES string of the molecule is CC[C@@]1(Nc2nccc(-n3cnc4cc(Oc5ccc(NC=O)cc5)ccc43)n2)C=CC=CC1. The molecule has 1 aliphatic rings. The minimum Gasteiger partial charge on any atom is -0.457 e. The van der Waals surface area contributed by atoms with Gasteiger partial charge in [-0.1, -0.05) is 31.2 Å². The Labute approximate surface area is 197 Å². The summed E-state index contributed by atoms with van der Waals surface area (Å²) in [5.41, 5.74) is 2.22. The standard InChI is InChI=1S/C26H24N6O2/c1-2-26(13-4-3-5-14-26)31-25-27-15-12-24(30-25)32-17-28-22-16-21(10-11-23(22)32)34-20-8-6-19(7-9-20)29-18-33/h3-13,15-18H,2,14H2,1H3,(H,29,33)(H,27,30,31)/t26-/m1/s1. The summed E-state index contributed by atoms with van der Waals surface area (Å²) in [6, 6.07) is 14.7. The average molecular weight is 453 g/mol. The second-order valence-corrected chi connectivity index (χ2v) is 8.02. The van der Waals surface area contributed by atoms with Crippen LogP contribution in [0, 0.1) is 0 Å². The van der Waals surface area contributed by atoms with Crippen molar-refractivity contribution >= 4 is 29.1 Å². The summed E-state index contributed by atoms with van der Waals surface area (Å²) in [7, 11) is 0. The van der Waals surface area contributed by atoms with E-state index in [4.69, 9.17) is 9.72 Å². The molecule has 0 saturated heterocycles. The number of hydrogen-bond acceptors (Lipinski definition) is 6. The molecule has 1 aliphatic carbocycles. The van der Waals surface area contributed by atoms with E-state index in [9.17, 15) is 4.79 Å². The first-order valence-corrected chi connectivity index (χ1v) is 11.1. The van der Waals surface area contributed by atoms with Gasteiger partial charge < -0.3 is 15.4 Å². The third-order valence-corrected chi connectivity index (χ3v) is 5.86. The molecule has 8 heteroatoms. The smallest absolute Gasteiger partial charge is 0.225 e. The van der Waals surface area contributed by atoms with Gasteiger partial charge in [-0.25, -0.2) is 9.97 Å². The lowest BCUT2D eigenvalue weighted by atomic mass is 9.89.